The second-order valence-corrected chi connectivity index (χ2v) is 5.46. The molecule has 1 saturated heterocycles. The third-order valence-electron chi connectivity index (χ3n) is 3.98. The Morgan fingerprint density at radius 1 is 1.36 bits per heavy atom. The maximum Gasteiger partial charge on any atom is 0.258 e. The van der Waals surface area contributed by atoms with E-state index >= 15 is 0 Å². The van der Waals surface area contributed by atoms with Crippen molar-refractivity contribution in [2.45, 2.75) is 13.0 Å². The molecule has 2 aliphatic heterocycles. The standard InChI is InChI=1S/C15H14FN3O3/c1-8(20)11-4-9(16)5-12-13(11)18-14-15(17-12)22-7-10-6-21-3-2-19(10)14/h4-5,10H,2-3,6-7H2,1H3/t10-/m0/s1. The van der Waals surface area contributed by atoms with E-state index in [1.54, 1.807) is 0 Å². The number of ether oxygens (including phenoxy) is 2. The highest BCUT2D eigenvalue weighted by molar-refractivity contribution is 6.05. The smallest absolute Gasteiger partial charge is 0.258 e. The minimum absolute atomic E-state index is 0.0919. The number of nitrogens with zero attached hydrogens (tertiary/aromatic N) is 3. The van der Waals surface area contributed by atoms with Gasteiger partial charge in [-0.05, 0) is 13.0 Å². The molecule has 6 nitrogen and oxygen atoms in total. The highest BCUT2D eigenvalue weighted by atomic mass is 19.1. The summed E-state index contributed by atoms with van der Waals surface area (Å²) in [6.07, 6.45) is 0. The lowest BCUT2D eigenvalue weighted by Crippen LogP contribution is -2.51. The minimum Gasteiger partial charge on any atom is -0.473 e. The van der Waals surface area contributed by atoms with Gasteiger partial charge in [-0.15, -0.1) is 0 Å². The first-order valence-electron chi connectivity index (χ1n) is 7.13. The molecule has 1 aromatic carbocycles. The lowest BCUT2D eigenvalue weighted by molar-refractivity contribution is 0.0686. The van der Waals surface area contributed by atoms with Crippen molar-refractivity contribution >= 4 is 22.6 Å². The van der Waals surface area contributed by atoms with Gasteiger partial charge in [0.2, 0.25) is 0 Å². The van der Waals surface area contributed by atoms with Crippen molar-refractivity contribution in [2.75, 3.05) is 31.3 Å². The van der Waals surface area contributed by atoms with Crippen molar-refractivity contribution in [2.24, 2.45) is 0 Å². The molecule has 1 fully saturated rings. The van der Waals surface area contributed by atoms with Gasteiger partial charge in [-0.1, -0.05) is 0 Å². The number of hydrogen-bond acceptors (Lipinski definition) is 6. The van der Waals surface area contributed by atoms with E-state index in [0.29, 0.717) is 49.1 Å². The van der Waals surface area contributed by atoms with Crippen LogP contribution in [0.1, 0.15) is 17.3 Å². The molecule has 0 radical (unpaired) electrons. The summed E-state index contributed by atoms with van der Waals surface area (Å²) >= 11 is 0. The fourth-order valence-electron chi connectivity index (χ4n) is 2.90. The summed E-state index contributed by atoms with van der Waals surface area (Å²) in [5.41, 5.74) is 0.972. The van der Waals surface area contributed by atoms with Crippen LogP contribution in [0.15, 0.2) is 12.1 Å². The molecule has 0 saturated carbocycles. The van der Waals surface area contributed by atoms with Gasteiger partial charge in [-0.2, -0.15) is 0 Å². The zero-order valence-corrected chi connectivity index (χ0v) is 12.0. The molecule has 22 heavy (non-hydrogen) atoms. The molecule has 7 heteroatoms. The number of fused-ring (bicyclic) bond motifs is 4. The van der Waals surface area contributed by atoms with Crippen LogP contribution in [-0.2, 0) is 4.74 Å². The Balaban J connectivity index is 1.94. The van der Waals surface area contributed by atoms with Crippen LogP contribution in [0.25, 0.3) is 11.0 Å². The van der Waals surface area contributed by atoms with Gasteiger partial charge in [0.25, 0.3) is 5.88 Å². The molecule has 2 aliphatic rings. The average Bonchev–Trinajstić information content (AvgIpc) is 2.52. The molecule has 1 aromatic heterocycles. The Morgan fingerprint density at radius 3 is 3.05 bits per heavy atom. The number of aromatic nitrogens is 2. The normalized spacial score (nSPS) is 20.3. The fraction of sp³-hybridized carbons (Fsp3) is 0.400. The maximum absolute atomic E-state index is 13.7. The summed E-state index contributed by atoms with van der Waals surface area (Å²) in [6, 6.07) is 2.56. The topological polar surface area (TPSA) is 64.6 Å². The Kier molecular flexibility index (Phi) is 2.97. The van der Waals surface area contributed by atoms with Crippen LogP contribution in [0.5, 0.6) is 5.88 Å². The first-order chi connectivity index (χ1) is 10.6. The Bertz CT molecular complexity index is 780. The van der Waals surface area contributed by atoms with Gasteiger partial charge in [-0.3, -0.25) is 4.79 Å². The van der Waals surface area contributed by atoms with Gasteiger partial charge in [0.1, 0.15) is 17.9 Å². The summed E-state index contributed by atoms with van der Waals surface area (Å²) < 4.78 is 24.8. The number of rotatable bonds is 1. The number of benzene rings is 1. The summed E-state index contributed by atoms with van der Waals surface area (Å²) in [5.74, 6) is 0.230. The summed E-state index contributed by atoms with van der Waals surface area (Å²) in [7, 11) is 0. The number of Topliss-reactive ketones (excluding diaryl/α,β-unsaturated/α-hetero) is 1. The zero-order chi connectivity index (χ0) is 15.3. The molecule has 0 spiro atoms. The van der Waals surface area contributed by atoms with Crippen LogP contribution in [0.2, 0.25) is 0 Å². The average molecular weight is 303 g/mol. The van der Waals surface area contributed by atoms with E-state index < -0.39 is 5.82 Å². The summed E-state index contributed by atoms with van der Waals surface area (Å²) in [4.78, 5) is 22.8. The molecular formula is C15H14FN3O3. The number of morpholine rings is 1. The van der Waals surface area contributed by atoms with Crippen LogP contribution in [0.3, 0.4) is 0 Å². The van der Waals surface area contributed by atoms with Crippen LogP contribution < -0.4 is 9.64 Å². The van der Waals surface area contributed by atoms with Gasteiger partial charge in [0, 0.05) is 18.2 Å². The van der Waals surface area contributed by atoms with E-state index in [1.807, 2.05) is 0 Å². The molecule has 0 aliphatic carbocycles. The largest absolute Gasteiger partial charge is 0.473 e. The zero-order valence-electron chi connectivity index (χ0n) is 12.0. The second kappa shape index (κ2) is 4.88. The van der Waals surface area contributed by atoms with Crippen LogP contribution in [0, 0.1) is 5.82 Å². The minimum atomic E-state index is -0.507. The van der Waals surface area contributed by atoms with Crippen LogP contribution in [0.4, 0.5) is 10.2 Å². The first kappa shape index (κ1) is 13.4. The van der Waals surface area contributed by atoms with E-state index in [-0.39, 0.29) is 17.4 Å². The van der Waals surface area contributed by atoms with Gasteiger partial charge in [0.15, 0.2) is 11.6 Å². The number of carbonyl (C=O) groups excluding carboxylic acids is 1. The van der Waals surface area contributed by atoms with Gasteiger partial charge < -0.3 is 14.4 Å². The van der Waals surface area contributed by atoms with E-state index in [1.165, 1.54) is 19.1 Å². The highest BCUT2D eigenvalue weighted by Crippen LogP contribution is 2.34. The van der Waals surface area contributed by atoms with Crippen molar-refractivity contribution < 1.29 is 18.7 Å². The van der Waals surface area contributed by atoms with Crippen LogP contribution in [-0.4, -0.2) is 48.2 Å². The predicted molar refractivity (Wildman–Crippen MR) is 76.9 cm³/mol. The van der Waals surface area contributed by atoms with E-state index in [9.17, 15) is 9.18 Å². The molecular weight excluding hydrogens is 289 g/mol. The Labute approximate surface area is 125 Å². The molecule has 4 rings (SSSR count). The third kappa shape index (κ3) is 2.00. The molecule has 3 heterocycles. The molecule has 0 bridgehead atoms. The van der Waals surface area contributed by atoms with Gasteiger partial charge >= 0.3 is 0 Å². The molecule has 0 amide bonds. The number of carbonyl (C=O) groups is 1. The number of halogens is 1. The van der Waals surface area contributed by atoms with E-state index in [2.05, 4.69) is 14.9 Å². The maximum atomic E-state index is 13.7. The Hall–Kier alpha value is -2.28. The molecule has 114 valence electrons. The van der Waals surface area contributed by atoms with Crippen molar-refractivity contribution in [3.63, 3.8) is 0 Å². The van der Waals surface area contributed by atoms with Crippen molar-refractivity contribution in [3.8, 4) is 5.88 Å². The second-order valence-electron chi connectivity index (χ2n) is 5.46. The van der Waals surface area contributed by atoms with Crippen molar-refractivity contribution in [1.29, 1.82) is 0 Å². The number of hydrogen-bond donors (Lipinski definition) is 0. The first-order valence-corrected chi connectivity index (χ1v) is 7.13. The number of anilines is 1. The quantitative estimate of drug-likeness (QED) is 0.745. The third-order valence-corrected chi connectivity index (χ3v) is 3.98. The molecule has 2 aromatic rings. The fourth-order valence-corrected chi connectivity index (χ4v) is 2.90. The number of ketones is 1. The highest BCUT2D eigenvalue weighted by Gasteiger charge is 2.33. The summed E-state index contributed by atoms with van der Waals surface area (Å²) in [5, 5.41) is 0. The van der Waals surface area contributed by atoms with E-state index in [0.717, 1.165) is 0 Å². The van der Waals surface area contributed by atoms with Gasteiger partial charge in [0.05, 0.1) is 24.8 Å². The van der Waals surface area contributed by atoms with Gasteiger partial charge in [-0.25, -0.2) is 14.4 Å². The lowest BCUT2D eigenvalue weighted by Gasteiger charge is -2.39. The SMILES string of the molecule is CC(=O)c1cc(F)cc2nc3c(nc12)N1CCOC[C@H]1CO3. The molecule has 1 atom stereocenters. The van der Waals surface area contributed by atoms with Crippen molar-refractivity contribution in [1.82, 2.24) is 9.97 Å². The van der Waals surface area contributed by atoms with E-state index in [4.69, 9.17) is 9.47 Å². The summed E-state index contributed by atoms with van der Waals surface area (Å²) in [6.45, 7) is 3.73. The molecule has 0 unspecified atom stereocenters. The predicted octanol–water partition coefficient (Wildman–Crippen LogP) is 1.57. The van der Waals surface area contributed by atoms with Crippen molar-refractivity contribution in [3.05, 3.63) is 23.5 Å². The Morgan fingerprint density at radius 2 is 2.23 bits per heavy atom. The lowest BCUT2D eigenvalue weighted by atomic mass is 10.1. The molecule has 0 N–H and O–H groups in total. The monoisotopic (exact) mass is 303 g/mol. The van der Waals surface area contributed by atoms with Crippen LogP contribution >= 0.6 is 0 Å².